The molecule has 1 amide bonds. The summed E-state index contributed by atoms with van der Waals surface area (Å²) < 4.78 is 0. The Balaban J connectivity index is 2.32. The quantitative estimate of drug-likeness (QED) is 0.683. The van der Waals surface area contributed by atoms with Gasteiger partial charge in [0.1, 0.15) is 5.38 Å². The molecule has 5 heteroatoms. The van der Waals surface area contributed by atoms with E-state index in [9.17, 15) is 4.79 Å². The molecule has 0 aliphatic carbocycles. The average Bonchev–Trinajstić information content (AvgIpc) is 2.51. The van der Waals surface area contributed by atoms with E-state index in [0.29, 0.717) is 6.54 Å². The van der Waals surface area contributed by atoms with Crippen molar-refractivity contribution in [1.29, 1.82) is 0 Å². The summed E-state index contributed by atoms with van der Waals surface area (Å²) in [6.45, 7) is 2.07. The molecule has 0 spiro atoms. The monoisotopic (exact) mass is 187 g/mol. The molecule has 1 rings (SSSR count). The highest BCUT2D eigenvalue weighted by Crippen LogP contribution is 1.94. The number of hydrogen-bond acceptors (Lipinski definition) is 2. The third-order valence-electron chi connectivity index (χ3n) is 1.37. The molecule has 1 aromatic rings. The highest BCUT2D eigenvalue weighted by atomic mass is 35.5. The first-order valence-corrected chi connectivity index (χ1v) is 4.03. The number of amides is 1. The molecule has 1 heterocycles. The Hall–Kier alpha value is -1.03. The van der Waals surface area contributed by atoms with Crippen LogP contribution in [0.15, 0.2) is 12.5 Å². The van der Waals surface area contributed by atoms with Gasteiger partial charge in [-0.2, -0.15) is 0 Å². The highest BCUT2D eigenvalue weighted by molar-refractivity contribution is 6.30. The molecule has 0 aliphatic rings. The summed E-state index contributed by atoms with van der Waals surface area (Å²) in [6, 6.07) is 0. The van der Waals surface area contributed by atoms with Gasteiger partial charge in [-0.1, -0.05) is 0 Å². The molecule has 1 aromatic heterocycles. The van der Waals surface area contributed by atoms with E-state index < -0.39 is 5.38 Å². The van der Waals surface area contributed by atoms with Crippen molar-refractivity contribution in [3.05, 3.63) is 18.2 Å². The van der Waals surface area contributed by atoms with Crippen LogP contribution in [0.5, 0.6) is 0 Å². The van der Waals surface area contributed by atoms with E-state index in [1.165, 1.54) is 0 Å². The van der Waals surface area contributed by atoms with Crippen LogP contribution in [0.1, 0.15) is 12.6 Å². The van der Waals surface area contributed by atoms with Crippen LogP contribution in [-0.2, 0) is 11.3 Å². The number of aromatic amines is 1. The van der Waals surface area contributed by atoms with Crippen LogP contribution in [0.2, 0.25) is 0 Å². The Kier molecular flexibility index (Phi) is 3.10. The van der Waals surface area contributed by atoms with Gasteiger partial charge in [0.25, 0.3) is 0 Å². The fraction of sp³-hybridized carbons (Fsp3) is 0.429. The first kappa shape index (κ1) is 9.06. The number of hydrogen-bond donors (Lipinski definition) is 2. The Bertz CT molecular complexity index is 245. The van der Waals surface area contributed by atoms with Gasteiger partial charge in [-0.05, 0) is 6.92 Å². The van der Waals surface area contributed by atoms with Crippen molar-refractivity contribution in [2.75, 3.05) is 0 Å². The van der Waals surface area contributed by atoms with E-state index in [4.69, 9.17) is 11.6 Å². The molecule has 1 atom stereocenters. The number of carbonyl (C=O) groups excluding carboxylic acids is 1. The Morgan fingerprint density at radius 2 is 2.67 bits per heavy atom. The molecular weight excluding hydrogens is 178 g/mol. The van der Waals surface area contributed by atoms with Gasteiger partial charge in [-0.15, -0.1) is 11.6 Å². The highest BCUT2D eigenvalue weighted by Gasteiger charge is 2.07. The molecule has 0 aliphatic heterocycles. The summed E-state index contributed by atoms with van der Waals surface area (Å²) in [5, 5.41) is 2.15. The Morgan fingerprint density at radius 3 is 3.17 bits per heavy atom. The summed E-state index contributed by atoms with van der Waals surface area (Å²) in [4.78, 5) is 17.6. The number of alkyl halides is 1. The first-order valence-electron chi connectivity index (χ1n) is 3.59. The maximum Gasteiger partial charge on any atom is 0.238 e. The van der Waals surface area contributed by atoms with Crippen LogP contribution in [0.25, 0.3) is 0 Å². The smallest absolute Gasteiger partial charge is 0.238 e. The minimum absolute atomic E-state index is 0.175. The molecule has 2 N–H and O–H groups in total. The normalized spacial score (nSPS) is 12.5. The minimum atomic E-state index is -0.493. The number of nitrogens with one attached hydrogen (secondary N) is 2. The number of nitrogens with zero attached hydrogens (tertiary/aromatic N) is 1. The summed E-state index contributed by atoms with van der Waals surface area (Å²) in [5.74, 6) is -0.175. The summed E-state index contributed by atoms with van der Waals surface area (Å²) in [7, 11) is 0. The Morgan fingerprint density at radius 1 is 1.92 bits per heavy atom. The van der Waals surface area contributed by atoms with E-state index in [1.54, 1.807) is 19.4 Å². The van der Waals surface area contributed by atoms with Crippen molar-refractivity contribution in [3.63, 3.8) is 0 Å². The van der Waals surface area contributed by atoms with Gasteiger partial charge in [0.2, 0.25) is 5.91 Å². The number of carbonyl (C=O) groups is 1. The van der Waals surface area contributed by atoms with Crippen molar-refractivity contribution in [2.24, 2.45) is 0 Å². The standard InChI is InChI=1S/C7H10ClN3O/c1-5(8)7(12)10-3-6-2-9-4-11-6/h2,4-5H,3H2,1H3,(H,9,11)(H,10,12). The molecule has 0 radical (unpaired) electrons. The van der Waals surface area contributed by atoms with Crippen LogP contribution in [0.3, 0.4) is 0 Å². The van der Waals surface area contributed by atoms with Gasteiger partial charge >= 0.3 is 0 Å². The fourth-order valence-electron chi connectivity index (χ4n) is 0.704. The lowest BCUT2D eigenvalue weighted by molar-refractivity contribution is -0.120. The van der Waals surface area contributed by atoms with E-state index in [2.05, 4.69) is 15.3 Å². The molecular formula is C7H10ClN3O. The lowest BCUT2D eigenvalue weighted by Gasteiger charge is -2.03. The van der Waals surface area contributed by atoms with Crippen molar-refractivity contribution in [1.82, 2.24) is 15.3 Å². The van der Waals surface area contributed by atoms with Crippen molar-refractivity contribution in [2.45, 2.75) is 18.8 Å². The van der Waals surface area contributed by atoms with Gasteiger partial charge in [-0.3, -0.25) is 4.79 Å². The van der Waals surface area contributed by atoms with Crippen molar-refractivity contribution >= 4 is 17.5 Å². The third kappa shape index (κ3) is 2.54. The zero-order valence-corrected chi connectivity index (χ0v) is 7.43. The lowest BCUT2D eigenvalue weighted by Crippen LogP contribution is -2.29. The number of H-pyrrole nitrogens is 1. The van der Waals surface area contributed by atoms with Crippen LogP contribution in [0.4, 0.5) is 0 Å². The predicted molar refractivity (Wildman–Crippen MR) is 45.7 cm³/mol. The molecule has 12 heavy (non-hydrogen) atoms. The van der Waals surface area contributed by atoms with Gasteiger partial charge < -0.3 is 10.3 Å². The van der Waals surface area contributed by atoms with E-state index >= 15 is 0 Å². The molecule has 4 nitrogen and oxygen atoms in total. The molecule has 0 aromatic carbocycles. The minimum Gasteiger partial charge on any atom is -0.349 e. The average molecular weight is 188 g/mol. The third-order valence-corrected chi connectivity index (χ3v) is 1.57. The van der Waals surface area contributed by atoms with E-state index in [1.807, 2.05) is 0 Å². The van der Waals surface area contributed by atoms with Crippen LogP contribution >= 0.6 is 11.6 Å². The van der Waals surface area contributed by atoms with E-state index in [-0.39, 0.29) is 5.91 Å². The number of aromatic nitrogens is 2. The molecule has 0 bridgehead atoms. The lowest BCUT2D eigenvalue weighted by atomic mass is 10.4. The predicted octanol–water partition coefficient (Wildman–Crippen LogP) is 0.653. The van der Waals surface area contributed by atoms with Crippen molar-refractivity contribution in [3.8, 4) is 0 Å². The SMILES string of the molecule is CC(Cl)C(=O)NCc1cnc[nH]1. The number of halogens is 1. The maximum atomic E-state index is 11.0. The largest absolute Gasteiger partial charge is 0.349 e. The number of imidazole rings is 1. The zero-order chi connectivity index (χ0) is 8.97. The maximum absolute atomic E-state index is 11.0. The van der Waals surface area contributed by atoms with Crippen LogP contribution in [0, 0.1) is 0 Å². The molecule has 1 unspecified atom stereocenters. The molecule has 0 saturated heterocycles. The zero-order valence-electron chi connectivity index (χ0n) is 6.67. The summed E-state index contributed by atoms with van der Waals surface area (Å²) in [5.41, 5.74) is 0.862. The van der Waals surface area contributed by atoms with Gasteiger partial charge in [-0.25, -0.2) is 4.98 Å². The second-order valence-corrected chi connectivity index (χ2v) is 3.07. The Labute approximate surface area is 75.3 Å². The van der Waals surface area contributed by atoms with Gasteiger partial charge in [0.05, 0.1) is 18.6 Å². The molecule has 0 fully saturated rings. The summed E-state index contributed by atoms with van der Waals surface area (Å²) in [6.07, 6.45) is 3.21. The second-order valence-electron chi connectivity index (χ2n) is 2.41. The van der Waals surface area contributed by atoms with Crippen molar-refractivity contribution < 1.29 is 4.79 Å². The summed E-state index contributed by atoms with van der Waals surface area (Å²) >= 11 is 5.53. The number of rotatable bonds is 3. The van der Waals surface area contributed by atoms with Crippen LogP contribution in [-0.4, -0.2) is 21.3 Å². The van der Waals surface area contributed by atoms with Gasteiger partial charge in [0.15, 0.2) is 0 Å². The second kappa shape index (κ2) is 4.11. The fourth-order valence-corrected chi connectivity index (χ4v) is 0.781. The molecule has 66 valence electrons. The van der Waals surface area contributed by atoms with Crippen LogP contribution < -0.4 is 5.32 Å². The molecule has 0 saturated carbocycles. The van der Waals surface area contributed by atoms with E-state index in [0.717, 1.165) is 5.69 Å². The topological polar surface area (TPSA) is 57.8 Å². The first-order chi connectivity index (χ1) is 5.70. The van der Waals surface area contributed by atoms with Gasteiger partial charge in [0, 0.05) is 6.20 Å².